The van der Waals surface area contributed by atoms with Crippen LogP contribution in [0.4, 0.5) is 21.3 Å². The van der Waals surface area contributed by atoms with Crippen molar-refractivity contribution in [3.8, 4) is 12.1 Å². The van der Waals surface area contributed by atoms with E-state index in [0.29, 0.717) is 60.7 Å². The summed E-state index contributed by atoms with van der Waals surface area (Å²) in [6.45, 7) is 4.87. The maximum absolute atomic E-state index is 14.4. The molecule has 0 aromatic carbocycles. The van der Waals surface area contributed by atoms with Gasteiger partial charge in [-0.25, -0.2) is 4.39 Å². The molecule has 3 N–H and O–H groups in total. The molecule has 220 valence electrons. The predicted molar refractivity (Wildman–Crippen MR) is 158 cm³/mol. The molecule has 0 radical (unpaired) electrons. The largest absolute Gasteiger partial charge is 0.461 e. The van der Waals surface area contributed by atoms with Gasteiger partial charge < -0.3 is 25.3 Å². The molecule has 0 saturated carbocycles. The number of nitriles is 1. The van der Waals surface area contributed by atoms with E-state index in [0.717, 1.165) is 37.8 Å². The zero-order chi connectivity index (χ0) is 29.2. The Balaban J connectivity index is 1.19. The Bertz CT molecular complexity index is 1630. The van der Waals surface area contributed by atoms with Crippen molar-refractivity contribution in [2.45, 2.75) is 62.2 Å². The van der Waals surface area contributed by atoms with Gasteiger partial charge in [0.25, 0.3) is 5.56 Å². The van der Waals surface area contributed by atoms with Crippen LogP contribution < -0.4 is 25.8 Å². The van der Waals surface area contributed by atoms with Crippen molar-refractivity contribution in [3.05, 3.63) is 50.3 Å². The van der Waals surface area contributed by atoms with Gasteiger partial charge in [0.05, 0.1) is 17.1 Å². The highest BCUT2D eigenvalue weighted by Crippen LogP contribution is 2.52. The van der Waals surface area contributed by atoms with Crippen molar-refractivity contribution in [1.82, 2.24) is 24.8 Å². The van der Waals surface area contributed by atoms with Crippen LogP contribution in [0.2, 0.25) is 0 Å². The minimum Gasteiger partial charge on any atom is -0.461 e. The Morgan fingerprint density at radius 1 is 1.36 bits per heavy atom. The molecular formula is C29H34FN9O2S. The number of rotatable bonds is 7. The lowest BCUT2D eigenvalue weighted by Gasteiger charge is -2.48. The highest BCUT2D eigenvalue weighted by atomic mass is 32.1. The second-order valence-corrected chi connectivity index (χ2v) is 13.3. The first-order chi connectivity index (χ1) is 20.2. The number of H-pyrrole nitrogens is 1. The molecule has 1 spiro atoms. The first-order valence-corrected chi connectivity index (χ1v) is 15.3. The Morgan fingerprint density at radius 2 is 2.19 bits per heavy atom. The van der Waals surface area contributed by atoms with E-state index in [1.54, 1.807) is 18.3 Å². The number of hydrogen-bond acceptors (Lipinski definition) is 11. The molecule has 3 aliphatic heterocycles. The SMILES string of the molecule is CC(c1ccc[nH]c1=O)N(C)c1nc(OC[C@@]23CCCN2C[C@H](F)C3)nc(N2CC3(CCc4sc(N)c(C#N)c43)C2)n1. The van der Waals surface area contributed by atoms with Crippen LogP contribution in [0.15, 0.2) is 23.1 Å². The van der Waals surface area contributed by atoms with E-state index >= 15 is 0 Å². The number of nitrogens with zero attached hydrogens (tertiary/aromatic N) is 7. The first-order valence-electron chi connectivity index (χ1n) is 14.5. The molecule has 0 bridgehead atoms. The third kappa shape index (κ3) is 4.22. The quantitative estimate of drug-likeness (QED) is 0.421. The van der Waals surface area contributed by atoms with E-state index in [9.17, 15) is 14.4 Å². The fraction of sp³-hybridized carbons (Fsp3) is 0.552. The van der Waals surface area contributed by atoms with E-state index in [-0.39, 0.29) is 28.6 Å². The van der Waals surface area contributed by atoms with Gasteiger partial charge in [-0.15, -0.1) is 11.3 Å². The van der Waals surface area contributed by atoms with E-state index in [2.05, 4.69) is 25.8 Å². The first kappa shape index (κ1) is 27.1. The number of alkyl halides is 1. The maximum atomic E-state index is 14.4. The number of aromatic amines is 1. The van der Waals surface area contributed by atoms with Gasteiger partial charge in [-0.3, -0.25) is 9.69 Å². The van der Waals surface area contributed by atoms with Crippen molar-refractivity contribution in [3.63, 3.8) is 0 Å². The van der Waals surface area contributed by atoms with Gasteiger partial charge in [-0.2, -0.15) is 20.2 Å². The fourth-order valence-corrected chi connectivity index (χ4v) is 8.60. The van der Waals surface area contributed by atoms with Crippen molar-refractivity contribution in [2.75, 3.05) is 55.4 Å². The number of nitrogen functional groups attached to an aromatic ring is 1. The number of nitrogens with one attached hydrogen (secondary N) is 1. The van der Waals surface area contributed by atoms with E-state index in [4.69, 9.17) is 20.4 Å². The molecule has 3 atom stereocenters. The molecule has 4 aliphatic rings. The number of fused-ring (bicyclic) bond motifs is 3. The average Bonchev–Trinajstić information content (AvgIpc) is 3.68. The van der Waals surface area contributed by atoms with Crippen LogP contribution >= 0.6 is 11.3 Å². The summed E-state index contributed by atoms with van der Waals surface area (Å²) in [6.07, 6.45) is 4.97. The lowest BCUT2D eigenvalue weighted by molar-refractivity contribution is 0.107. The minimum absolute atomic E-state index is 0.151. The Kier molecular flexibility index (Phi) is 6.40. The molecule has 3 aromatic rings. The number of halogens is 1. The summed E-state index contributed by atoms with van der Waals surface area (Å²) >= 11 is 1.52. The van der Waals surface area contributed by atoms with Crippen LogP contribution in [0.1, 0.15) is 60.2 Å². The molecular weight excluding hydrogens is 557 g/mol. The van der Waals surface area contributed by atoms with Crippen LogP contribution in [0, 0.1) is 11.3 Å². The Hall–Kier alpha value is -3.76. The molecule has 3 fully saturated rings. The molecule has 7 rings (SSSR count). The summed E-state index contributed by atoms with van der Waals surface area (Å²) in [5.41, 5.74) is 7.80. The average molecular weight is 592 g/mol. The number of thiophene rings is 1. The highest BCUT2D eigenvalue weighted by molar-refractivity contribution is 7.16. The molecule has 13 heteroatoms. The lowest BCUT2D eigenvalue weighted by Crippen LogP contribution is -2.59. The van der Waals surface area contributed by atoms with Gasteiger partial charge in [0.2, 0.25) is 11.9 Å². The molecule has 42 heavy (non-hydrogen) atoms. The zero-order valence-electron chi connectivity index (χ0n) is 23.8. The Labute approximate surface area is 247 Å². The number of ether oxygens (including phenoxy) is 1. The summed E-state index contributed by atoms with van der Waals surface area (Å²) in [7, 11) is 1.84. The monoisotopic (exact) mass is 591 g/mol. The van der Waals surface area contributed by atoms with Gasteiger partial charge in [-0.1, -0.05) is 6.07 Å². The summed E-state index contributed by atoms with van der Waals surface area (Å²) in [4.78, 5) is 36.8. The predicted octanol–water partition coefficient (Wildman–Crippen LogP) is 2.93. The van der Waals surface area contributed by atoms with E-state index in [1.165, 1.54) is 16.2 Å². The van der Waals surface area contributed by atoms with Crippen molar-refractivity contribution < 1.29 is 9.13 Å². The Morgan fingerprint density at radius 3 is 2.98 bits per heavy atom. The summed E-state index contributed by atoms with van der Waals surface area (Å²) in [6, 6.07) is 5.77. The third-order valence-corrected chi connectivity index (χ3v) is 10.8. The fourth-order valence-electron chi connectivity index (χ4n) is 7.46. The minimum atomic E-state index is -0.854. The van der Waals surface area contributed by atoms with Crippen molar-refractivity contribution in [2.24, 2.45) is 0 Å². The van der Waals surface area contributed by atoms with E-state index < -0.39 is 6.17 Å². The van der Waals surface area contributed by atoms with Crippen LogP contribution in [0.3, 0.4) is 0 Å². The van der Waals surface area contributed by atoms with Gasteiger partial charge >= 0.3 is 6.01 Å². The topological polar surface area (TPSA) is 140 Å². The third-order valence-electron chi connectivity index (χ3n) is 9.77. The van der Waals surface area contributed by atoms with Crippen molar-refractivity contribution >= 4 is 28.2 Å². The highest BCUT2D eigenvalue weighted by Gasteiger charge is 2.52. The number of pyridine rings is 1. The van der Waals surface area contributed by atoms with E-state index in [1.807, 2.05) is 18.9 Å². The standard InChI is InChI=1S/C29H34FN9O2S/c1-17(19-5-3-9-33-24(19)40)37(2)25-34-26(36-27(35-25)41-16-29-7-4-10-39(29)13-18(30)11-29)38-14-28(15-38)8-6-21-22(28)20(12-31)23(32)42-21/h3,5,9,17-18H,4,6-8,10-11,13-16,32H2,1-2H3,(H,33,40)/t17?,18-,29+/m1/s1. The second kappa shape index (κ2) is 9.91. The van der Waals surface area contributed by atoms with Gasteiger partial charge in [-0.05, 0) is 50.8 Å². The van der Waals surface area contributed by atoms with Gasteiger partial charge in [0.1, 0.15) is 23.8 Å². The molecule has 6 heterocycles. The number of aryl methyl sites for hydroxylation is 1. The lowest BCUT2D eigenvalue weighted by atomic mass is 9.74. The van der Waals surface area contributed by atoms with Crippen LogP contribution in [0.25, 0.3) is 0 Å². The normalized spacial score (nSPS) is 24.7. The molecule has 1 aliphatic carbocycles. The van der Waals surface area contributed by atoms with Gasteiger partial charge in [0.15, 0.2) is 0 Å². The smallest absolute Gasteiger partial charge is 0.323 e. The second-order valence-electron chi connectivity index (χ2n) is 12.2. The molecule has 11 nitrogen and oxygen atoms in total. The molecule has 3 saturated heterocycles. The number of aromatic nitrogens is 4. The number of hydrogen-bond donors (Lipinski definition) is 2. The zero-order valence-corrected chi connectivity index (χ0v) is 24.6. The van der Waals surface area contributed by atoms with Crippen molar-refractivity contribution in [1.29, 1.82) is 5.26 Å². The van der Waals surface area contributed by atoms with Gasteiger partial charge in [0, 0.05) is 55.2 Å². The summed E-state index contributed by atoms with van der Waals surface area (Å²) in [5.74, 6) is 0.860. The maximum Gasteiger partial charge on any atom is 0.323 e. The summed E-state index contributed by atoms with van der Waals surface area (Å²) < 4.78 is 20.7. The molecule has 1 unspecified atom stereocenters. The molecule has 3 aromatic heterocycles. The van der Waals surface area contributed by atoms with Crippen LogP contribution in [-0.4, -0.2) is 76.4 Å². The number of nitrogens with two attached hydrogens (primary N) is 1. The summed E-state index contributed by atoms with van der Waals surface area (Å²) in [5, 5.41) is 10.4. The van der Waals surface area contributed by atoms with Crippen LogP contribution in [-0.2, 0) is 11.8 Å². The number of anilines is 3. The van der Waals surface area contributed by atoms with Crippen LogP contribution in [0.5, 0.6) is 6.01 Å². The molecule has 0 amide bonds.